The van der Waals surface area contributed by atoms with Gasteiger partial charge in [-0.2, -0.15) is 0 Å². The van der Waals surface area contributed by atoms with Crippen LogP contribution in [0.4, 0.5) is 17.1 Å². The Labute approximate surface area is 202 Å². The van der Waals surface area contributed by atoms with Crippen LogP contribution in [0.15, 0.2) is 78.9 Å². The van der Waals surface area contributed by atoms with Crippen molar-refractivity contribution in [3.63, 3.8) is 0 Å². The molecule has 0 unspecified atom stereocenters. The van der Waals surface area contributed by atoms with E-state index in [1.54, 1.807) is 0 Å². The molecule has 0 aliphatic carbocycles. The highest BCUT2D eigenvalue weighted by Crippen LogP contribution is 2.34. The quantitative estimate of drug-likeness (QED) is 0.586. The number of amides is 1. The molecule has 0 N–H and O–H groups in total. The van der Waals surface area contributed by atoms with Gasteiger partial charge in [0.15, 0.2) is 0 Å². The predicted molar refractivity (Wildman–Crippen MR) is 138 cm³/mol. The first-order chi connectivity index (χ1) is 16.8. The van der Waals surface area contributed by atoms with Gasteiger partial charge in [0.1, 0.15) is 0 Å². The lowest BCUT2D eigenvalue weighted by molar-refractivity contribution is 0.0247. The van der Waals surface area contributed by atoms with Crippen molar-refractivity contribution >= 4 is 23.0 Å². The summed E-state index contributed by atoms with van der Waals surface area (Å²) >= 11 is 0. The Balaban J connectivity index is 1.06. The average molecular weight is 453 g/mol. The van der Waals surface area contributed by atoms with E-state index < -0.39 is 0 Å². The molecular weight excluding hydrogens is 420 g/mol. The molecule has 0 bridgehead atoms. The number of anilines is 3. The Bertz CT molecular complexity index is 1140. The topological polar surface area (TPSA) is 30.0 Å². The lowest BCUT2D eigenvalue weighted by Gasteiger charge is -2.48. The second kappa shape index (κ2) is 9.15. The number of benzene rings is 3. The third kappa shape index (κ3) is 4.05. The molecule has 0 spiro atoms. The molecule has 5 nitrogen and oxygen atoms in total. The summed E-state index contributed by atoms with van der Waals surface area (Å²) in [7, 11) is 0. The molecule has 0 radical (unpaired) electrons. The van der Waals surface area contributed by atoms with Crippen LogP contribution in [0.5, 0.6) is 0 Å². The van der Waals surface area contributed by atoms with Crippen molar-refractivity contribution in [1.82, 2.24) is 9.80 Å². The van der Waals surface area contributed by atoms with Gasteiger partial charge < -0.3 is 14.7 Å². The van der Waals surface area contributed by atoms with Crippen LogP contribution in [0.25, 0.3) is 0 Å². The summed E-state index contributed by atoms with van der Waals surface area (Å²) in [4.78, 5) is 22.6. The fraction of sp³-hybridized carbons (Fsp3) is 0.345. The molecule has 3 aromatic carbocycles. The number of nitrogens with zero attached hydrogens (tertiary/aromatic N) is 4. The van der Waals surface area contributed by atoms with E-state index in [1.165, 1.54) is 22.6 Å². The van der Waals surface area contributed by atoms with Crippen LogP contribution in [0.3, 0.4) is 0 Å². The van der Waals surface area contributed by atoms with Crippen molar-refractivity contribution < 1.29 is 4.79 Å². The van der Waals surface area contributed by atoms with Crippen molar-refractivity contribution in [3.05, 3.63) is 90.0 Å². The number of piperazine rings is 1. The molecule has 174 valence electrons. The lowest BCUT2D eigenvalue weighted by atomic mass is 9.97. The van der Waals surface area contributed by atoms with Crippen LogP contribution in [0.2, 0.25) is 0 Å². The van der Waals surface area contributed by atoms with Crippen LogP contribution >= 0.6 is 0 Å². The van der Waals surface area contributed by atoms with Gasteiger partial charge in [-0.25, -0.2) is 0 Å². The van der Waals surface area contributed by atoms with E-state index in [9.17, 15) is 4.79 Å². The molecule has 1 amide bonds. The van der Waals surface area contributed by atoms with Gasteiger partial charge in [-0.1, -0.05) is 36.4 Å². The number of carbonyl (C=O) groups is 1. The molecule has 6 rings (SSSR count). The second-order valence-electron chi connectivity index (χ2n) is 9.66. The van der Waals surface area contributed by atoms with E-state index in [2.05, 4.69) is 87.5 Å². The number of likely N-dealkylation sites (tertiary alicyclic amines) is 1. The third-order valence-corrected chi connectivity index (χ3v) is 7.61. The summed E-state index contributed by atoms with van der Waals surface area (Å²) in [6.07, 6.45) is 2.15. The summed E-state index contributed by atoms with van der Waals surface area (Å²) in [5.41, 5.74) is 5.90. The van der Waals surface area contributed by atoms with E-state index in [1.807, 2.05) is 11.0 Å². The van der Waals surface area contributed by atoms with Crippen LogP contribution in [-0.2, 0) is 6.42 Å². The monoisotopic (exact) mass is 452 g/mol. The Morgan fingerprint density at radius 2 is 1.41 bits per heavy atom. The third-order valence-electron chi connectivity index (χ3n) is 7.61. The van der Waals surface area contributed by atoms with E-state index in [4.69, 9.17) is 0 Å². The molecule has 0 atom stereocenters. The van der Waals surface area contributed by atoms with Gasteiger partial charge in [0.2, 0.25) is 0 Å². The summed E-state index contributed by atoms with van der Waals surface area (Å²) in [5, 5.41) is 0. The molecular formula is C29H32N4O. The van der Waals surface area contributed by atoms with Crippen molar-refractivity contribution in [1.29, 1.82) is 0 Å². The minimum Gasteiger partial charge on any atom is -0.369 e. The molecule has 3 heterocycles. The number of aryl methyl sites for hydroxylation is 1. The van der Waals surface area contributed by atoms with Crippen molar-refractivity contribution in [2.24, 2.45) is 0 Å². The minimum absolute atomic E-state index is 0.179. The molecule has 3 aliphatic heterocycles. The SMILES string of the molecule is O=C(c1ccc2c(c1)CCCN2c1ccccc1)N1CC(N2CCN(c3ccccc3)CC2)C1. The smallest absolute Gasteiger partial charge is 0.253 e. The Hall–Kier alpha value is -3.31. The molecule has 5 heteroatoms. The van der Waals surface area contributed by atoms with Gasteiger partial charge in [-0.05, 0) is 60.9 Å². The molecule has 0 aromatic heterocycles. The number of carbonyl (C=O) groups excluding carboxylic acids is 1. The number of hydrogen-bond acceptors (Lipinski definition) is 4. The Morgan fingerprint density at radius 3 is 2.12 bits per heavy atom. The normalized spacial score (nSPS) is 19.0. The summed E-state index contributed by atoms with van der Waals surface area (Å²) in [6, 6.07) is 28.0. The zero-order valence-electron chi connectivity index (χ0n) is 19.6. The zero-order valence-corrected chi connectivity index (χ0v) is 19.6. The van der Waals surface area contributed by atoms with Gasteiger partial charge in [-0.3, -0.25) is 9.69 Å². The lowest BCUT2D eigenvalue weighted by Crippen LogP contribution is -2.64. The van der Waals surface area contributed by atoms with Crippen LogP contribution in [0.1, 0.15) is 22.3 Å². The first-order valence-electron chi connectivity index (χ1n) is 12.5. The number of fused-ring (bicyclic) bond motifs is 1. The van der Waals surface area contributed by atoms with Crippen LogP contribution in [-0.4, -0.2) is 67.6 Å². The van der Waals surface area contributed by atoms with E-state index >= 15 is 0 Å². The van der Waals surface area contributed by atoms with E-state index in [0.29, 0.717) is 6.04 Å². The van der Waals surface area contributed by atoms with Crippen LogP contribution in [0, 0.1) is 0 Å². The molecule has 3 aliphatic rings. The number of rotatable bonds is 4. The molecule has 34 heavy (non-hydrogen) atoms. The standard InChI is InChI=1S/C29H32N4O/c34-29(24-13-14-28-23(20-24)8-7-15-33(28)26-11-5-2-6-12-26)32-21-27(22-32)31-18-16-30(17-19-31)25-9-3-1-4-10-25/h1-6,9-14,20,27H,7-8,15-19,21-22H2. The van der Waals surface area contributed by atoms with Crippen molar-refractivity contribution in [3.8, 4) is 0 Å². The molecule has 2 fully saturated rings. The summed E-state index contributed by atoms with van der Waals surface area (Å²) < 4.78 is 0. The first-order valence-corrected chi connectivity index (χ1v) is 12.5. The minimum atomic E-state index is 0.179. The highest BCUT2D eigenvalue weighted by atomic mass is 16.2. The van der Waals surface area contributed by atoms with Gasteiger partial charge in [0.05, 0.1) is 0 Å². The fourth-order valence-electron chi connectivity index (χ4n) is 5.63. The fourth-order valence-corrected chi connectivity index (χ4v) is 5.63. The Kier molecular flexibility index (Phi) is 5.71. The highest BCUT2D eigenvalue weighted by Gasteiger charge is 2.36. The average Bonchev–Trinajstić information content (AvgIpc) is 2.88. The van der Waals surface area contributed by atoms with Crippen molar-refractivity contribution in [2.45, 2.75) is 18.9 Å². The second-order valence-corrected chi connectivity index (χ2v) is 9.66. The largest absolute Gasteiger partial charge is 0.369 e. The Morgan fingerprint density at radius 1 is 0.735 bits per heavy atom. The van der Waals surface area contributed by atoms with Gasteiger partial charge in [0.25, 0.3) is 5.91 Å². The van der Waals surface area contributed by atoms with E-state index in [0.717, 1.165) is 64.2 Å². The van der Waals surface area contributed by atoms with Gasteiger partial charge in [-0.15, -0.1) is 0 Å². The maximum Gasteiger partial charge on any atom is 0.253 e. The summed E-state index contributed by atoms with van der Waals surface area (Å²) in [6.45, 7) is 6.95. The van der Waals surface area contributed by atoms with Crippen molar-refractivity contribution in [2.75, 3.05) is 55.6 Å². The summed E-state index contributed by atoms with van der Waals surface area (Å²) in [5.74, 6) is 0.179. The van der Waals surface area contributed by atoms with E-state index in [-0.39, 0.29) is 5.91 Å². The molecule has 2 saturated heterocycles. The number of hydrogen-bond donors (Lipinski definition) is 0. The zero-order chi connectivity index (χ0) is 22.9. The number of para-hydroxylation sites is 2. The van der Waals surface area contributed by atoms with Gasteiger partial charge in [0, 0.05) is 74.5 Å². The highest BCUT2D eigenvalue weighted by molar-refractivity contribution is 5.95. The molecule has 3 aromatic rings. The maximum absolute atomic E-state index is 13.2. The maximum atomic E-state index is 13.2. The van der Waals surface area contributed by atoms with Gasteiger partial charge >= 0.3 is 0 Å². The first kappa shape index (κ1) is 21.2. The molecule has 0 saturated carbocycles. The predicted octanol–water partition coefficient (Wildman–Crippen LogP) is 4.42. The van der Waals surface area contributed by atoms with Crippen LogP contribution < -0.4 is 9.80 Å².